The molecule has 3 heterocycles. The fraction of sp³-hybridized carbons (Fsp3) is 0.475. The van der Waals surface area contributed by atoms with E-state index in [1.165, 1.54) is 22.7 Å². The second kappa shape index (κ2) is 19.8. The lowest BCUT2D eigenvalue weighted by Gasteiger charge is -2.15. The summed E-state index contributed by atoms with van der Waals surface area (Å²) in [5.41, 5.74) is 10.3. The van der Waals surface area contributed by atoms with Crippen molar-refractivity contribution in [3.05, 3.63) is 90.3 Å². The number of ether oxygens (including phenoxy) is 2. The fourth-order valence-corrected chi connectivity index (χ4v) is 6.58. The highest BCUT2D eigenvalue weighted by Crippen LogP contribution is 2.25. The average molecular weight is 728 g/mol. The maximum atomic E-state index is 5.83. The van der Waals surface area contributed by atoms with Crippen molar-refractivity contribution in [1.29, 1.82) is 0 Å². The van der Waals surface area contributed by atoms with Crippen molar-refractivity contribution in [1.82, 2.24) is 45.0 Å². The first-order valence-electron chi connectivity index (χ1n) is 18.5. The number of aromatic amines is 1. The van der Waals surface area contributed by atoms with E-state index in [9.17, 15) is 0 Å². The predicted octanol–water partition coefficient (Wildman–Crippen LogP) is 8.17. The van der Waals surface area contributed by atoms with Gasteiger partial charge >= 0.3 is 0 Å². The fourth-order valence-electron chi connectivity index (χ4n) is 5.82. The summed E-state index contributed by atoms with van der Waals surface area (Å²) in [6, 6.07) is 20.9. The number of fused-ring (bicyclic) bond motifs is 3. The zero-order chi connectivity index (χ0) is 37.7. The number of rotatable bonds is 15. The number of imidazole rings is 3. The molecule has 12 heteroatoms. The van der Waals surface area contributed by atoms with E-state index in [1.807, 2.05) is 52.0 Å². The topological polar surface area (TPSA) is 119 Å². The summed E-state index contributed by atoms with van der Waals surface area (Å²) >= 11 is 0. The second-order valence-electron chi connectivity index (χ2n) is 14.4. The quantitative estimate of drug-likeness (QED) is 0.0618. The van der Waals surface area contributed by atoms with Crippen LogP contribution in [0.1, 0.15) is 68.9 Å². The maximum absolute atomic E-state index is 5.83. The monoisotopic (exact) mass is 727 g/mol. The van der Waals surface area contributed by atoms with Crippen molar-refractivity contribution < 1.29 is 9.47 Å². The van der Waals surface area contributed by atoms with Gasteiger partial charge in [0.25, 0.3) is 0 Å². The van der Waals surface area contributed by atoms with Crippen LogP contribution < -0.4 is 16.0 Å². The minimum atomic E-state index is -1.02. The molecular weight excluding hydrogens is 667 g/mol. The van der Waals surface area contributed by atoms with Crippen LogP contribution in [0.2, 0.25) is 25.7 Å². The second-order valence-corrected chi connectivity index (χ2v) is 20.0. The minimum Gasteiger partial charge on any atom is -0.361 e. The SMILES string of the molecule is CCCOCn1cnc2cccc(C(C)NC)c21.CNC(C)c1cccc2[nH]cnc12.CNC(C)c1cccc2c1ncn2COCC[Si](C)(C)C. The Kier molecular flexibility index (Phi) is 15.5. The Hall–Kier alpha value is -3.91. The molecule has 0 fully saturated rings. The molecule has 0 bridgehead atoms. The van der Waals surface area contributed by atoms with E-state index in [2.05, 4.69) is 129 Å². The van der Waals surface area contributed by atoms with Crippen LogP contribution in [0, 0.1) is 0 Å². The van der Waals surface area contributed by atoms with E-state index in [0.717, 1.165) is 52.7 Å². The van der Waals surface area contributed by atoms with Gasteiger partial charge in [-0.25, -0.2) is 15.0 Å². The van der Waals surface area contributed by atoms with Crippen LogP contribution in [0.5, 0.6) is 0 Å². The number of benzene rings is 3. The molecule has 0 saturated heterocycles. The maximum Gasteiger partial charge on any atom is 0.124 e. The van der Waals surface area contributed by atoms with Crippen LogP contribution in [0.15, 0.2) is 73.6 Å². The van der Waals surface area contributed by atoms with Crippen LogP contribution in [-0.2, 0) is 22.9 Å². The first kappa shape index (κ1) is 40.9. The van der Waals surface area contributed by atoms with Crippen LogP contribution in [-0.4, -0.2) is 71.5 Å². The minimum absolute atomic E-state index is 0.296. The van der Waals surface area contributed by atoms with Crippen molar-refractivity contribution >= 4 is 41.2 Å². The van der Waals surface area contributed by atoms with E-state index >= 15 is 0 Å². The zero-order valence-electron chi connectivity index (χ0n) is 33.0. The molecule has 0 amide bonds. The van der Waals surface area contributed by atoms with Crippen LogP contribution in [0.4, 0.5) is 0 Å². The van der Waals surface area contributed by atoms with E-state index in [-0.39, 0.29) is 0 Å². The van der Waals surface area contributed by atoms with Crippen LogP contribution >= 0.6 is 0 Å². The number of para-hydroxylation sites is 3. The highest BCUT2D eigenvalue weighted by Gasteiger charge is 2.15. The molecule has 3 aromatic heterocycles. The van der Waals surface area contributed by atoms with Crippen molar-refractivity contribution in [2.24, 2.45) is 0 Å². The summed E-state index contributed by atoms with van der Waals surface area (Å²) in [5, 5.41) is 9.76. The Bertz CT molecular complexity index is 1940. The molecule has 3 atom stereocenters. The van der Waals surface area contributed by atoms with Crippen molar-refractivity contribution in [3.63, 3.8) is 0 Å². The zero-order valence-corrected chi connectivity index (χ0v) is 34.0. The Balaban J connectivity index is 0.000000179. The first-order valence-corrected chi connectivity index (χ1v) is 22.2. The molecule has 6 aromatic rings. The molecule has 3 aromatic carbocycles. The van der Waals surface area contributed by atoms with Crippen molar-refractivity contribution in [2.45, 2.75) is 91.4 Å². The highest BCUT2D eigenvalue weighted by atomic mass is 28.3. The number of nitrogens with one attached hydrogen (secondary N) is 4. The number of hydrogen-bond donors (Lipinski definition) is 4. The summed E-state index contributed by atoms with van der Waals surface area (Å²) < 4.78 is 15.6. The van der Waals surface area contributed by atoms with E-state index in [1.54, 1.807) is 6.33 Å². The Morgan fingerprint density at radius 2 is 1.27 bits per heavy atom. The number of aromatic nitrogens is 6. The number of hydrogen-bond acceptors (Lipinski definition) is 8. The van der Waals surface area contributed by atoms with E-state index < -0.39 is 8.07 Å². The van der Waals surface area contributed by atoms with Crippen molar-refractivity contribution in [2.75, 3.05) is 34.4 Å². The predicted molar refractivity (Wildman–Crippen MR) is 218 cm³/mol. The molecule has 0 aliphatic carbocycles. The lowest BCUT2D eigenvalue weighted by Crippen LogP contribution is -2.21. The van der Waals surface area contributed by atoms with Crippen LogP contribution in [0.3, 0.4) is 0 Å². The summed E-state index contributed by atoms with van der Waals surface area (Å²) in [5.74, 6) is 0. The molecule has 0 aliphatic rings. The Morgan fingerprint density at radius 3 is 1.94 bits per heavy atom. The molecule has 0 spiro atoms. The molecule has 3 unspecified atom stereocenters. The van der Waals surface area contributed by atoms with Crippen molar-refractivity contribution in [3.8, 4) is 0 Å². The molecule has 0 saturated carbocycles. The molecule has 6 rings (SSSR count). The summed E-state index contributed by atoms with van der Waals surface area (Å²) in [6.07, 6.45) is 6.50. The summed E-state index contributed by atoms with van der Waals surface area (Å²) in [7, 11) is 4.88. The number of H-pyrrole nitrogens is 1. The van der Waals surface area contributed by atoms with Gasteiger partial charge in [-0.2, -0.15) is 0 Å². The molecular formula is C40H61N9O2Si. The molecule has 282 valence electrons. The van der Waals surface area contributed by atoms with Crippen LogP contribution in [0.25, 0.3) is 33.1 Å². The average Bonchev–Trinajstić information content (AvgIpc) is 3.91. The molecule has 11 nitrogen and oxygen atoms in total. The van der Waals surface area contributed by atoms with Gasteiger partial charge in [0.05, 0.1) is 52.1 Å². The Morgan fingerprint density at radius 1 is 0.692 bits per heavy atom. The van der Waals surface area contributed by atoms with Gasteiger partial charge in [0.2, 0.25) is 0 Å². The van der Waals surface area contributed by atoms with Gasteiger partial charge in [-0.3, -0.25) is 0 Å². The van der Waals surface area contributed by atoms with Gasteiger partial charge in [-0.1, -0.05) is 63.0 Å². The highest BCUT2D eigenvalue weighted by molar-refractivity contribution is 6.76. The molecule has 52 heavy (non-hydrogen) atoms. The van der Waals surface area contributed by atoms with Gasteiger partial charge in [0.1, 0.15) is 13.5 Å². The molecule has 4 N–H and O–H groups in total. The first-order chi connectivity index (χ1) is 25.0. The smallest absolute Gasteiger partial charge is 0.124 e. The van der Waals surface area contributed by atoms with Gasteiger partial charge in [-0.15, -0.1) is 0 Å². The normalized spacial score (nSPS) is 13.4. The molecule has 0 aliphatic heterocycles. The Labute approximate surface area is 311 Å². The number of nitrogens with zero attached hydrogens (tertiary/aromatic N) is 5. The van der Waals surface area contributed by atoms with Gasteiger partial charge in [-0.05, 0) is 89.3 Å². The standard InChI is InChI=1S/C16H27N3OSi.C14H21N3O.C10H13N3/c1-13(17-2)14-7-6-8-15-16(14)18-11-19(15)12-20-9-10-21(3,4)5;1-4-8-18-10-17-9-16-13-7-5-6-12(14(13)17)11(2)15-3;1-7(11-2)8-4-3-5-9-10(8)13-6-12-9/h6-8,11,13,17H,9-10,12H2,1-5H3;5-7,9,11,15H,4,8,10H2,1-3H3;3-7,11H,1-2H3,(H,12,13). The third-order valence-corrected chi connectivity index (χ3v) is 11.0. The lowest BCUT2D eigenvalue weighted by molar-refractivity contribution is 0.0799. The summed E-state index contributed by atoms with van der Waals surface area (Å²) in [6.45, 7) is 18.4. The third kappa shape index (κ3) is 10.8. The van der Waals surface area contributed by atoms with E-state index in [0.29, 0.717) is 31.6 Å². The molecule has 0 radical (unpaired) electrons. The van der Waals surface area contributed by atoms with Gasteiger partial charge in [0, 0.05) is 39.4 Å². The third-order valence-electron chi connectivity index (χ3n) is 9.34. The summed E-state index contributed by atoms with van der Waals surface area (Å²) in [4.78, 5) is 16.4. The van der Waals surface area contributed by atoms with Gasteiger partial charge < -0.3 is 39.5 Å². The lowest BCUT2D eigenvalue weighted by atomic mass is 10.1. The largest absolute Gasteiger partial charge is 0.361 e. The van der Waals surface area contributed by atoms with Gasteiger partial charge in [0.15, 0.2) is 0 Å². The van der Waals surface area contributed by atoms with E-state index in [4.69, 9.17) is 9.47 Å².